The van der Waals surface area contributed by atoms with E-state index in [2.05, 4.69) is 17.1 Å². The second kappa shape index (κ2) is 8.54. The van der Waals surface area contributed by atoms with E-state index in [1.807, 2.05) is 52.0 Å². The Kier molecular flexibility index (Phi) is 6.09. The molecule has 1 heterocycles. The largest absolute Gasteiger partial charge is 0.329 e. The third kappa shape index (κ3) is 4.52. The van der Waals surface area contributed by atoms with Crippen molar-refractivity contribution in [3.05, 3.63) is 91.1 Å². The smallest absolute Gasteiger partial charge is 0.283 e. The quantitative estimate of drug-likeness (QED) is 0.640. The molecule has 0 aliphatic rings. The SMILES string of the molecule is Cc1cc(C)cc(Sc2c(C(C)C)c(=O)[nH]c(=O)n2Cc2ccccc2C#N)c1. The van der Waals surface area contributed by atoms with Gasteiger partial charge in [-0.25, -0.2) is 4.79 Å². The average molecular weight is 406 g/mol. The zero-order valence-corrected chi connectivity index (χ0v) is 17.8. The number of nitriles is 1. The number of H-pyrrole nitrogens is 1. The molecule has 0 unspecified atom stereocenters. The van der Waals surface area contributed by atoms with E-state index < -0.39 is 5.69 Å². The van der Waals surface area contributed by atoms with Crippen LogP contribution >= 0.6 is 11.8 Å². The number of benzene rings is 2. The van der Waals surface area contributed by atoms with Gasteiger partial charge in [-0.05, 0) is 54.7 Å². The Hall–Kier alpha value is -3.04. The summed E-state index contributed by atoms with van der Waals surface area (Å²) in [5.74, 6) is -0.0646. The highest BCUT2D eigenvalue weighted by Crippen LogP contribution is 2.33. The Morgan fingerprint density at radius 2 is 1.76 bits per heavy atom. The molecular weight excluding hydrogens is 382 g/mol. The number of nitrogens with one attached hydrogen (secondary N) is 1. The van der Waals surface area contributed by atoms with Crippen LogP contribution in [0.4, 0.5) is 0 Å². The molecule has 6 heteroatoms. The molecule has 5 nitrogen and oxygen atoms in total. The predicted molar refractivity (Wildman–Crippen MR) is 116 cm³/mol. The summed E-state index contributed by atoms with van der Waals surface area (Å²) >= 11 is 1.42. The summed E-state index contributed by atoms with van der Waals surface area (Å²) in [6.45, 7) is 8.14. The zero-order valence-electron chi connectivity index (χ0n) is 16.9. The van der Waals surface area contributed by atoms with E-state index in [0.717, 1.165) is 21.6 Å². The van der Waals surface area contributed by atoms with Crippen molar-refractivity contribution >= 4 is 11.8 Å². The van der Waals surface area contributed by atoms with E-state index in [-0.39, 0.29) is 18.0 Å². The Bertz CT molecular complexity index is 1200. The summed E-state index contributed by atoms with van der Waals surface area (Å²) in [4.78, 5) is 28.8. The maximum Gasteiger partial charge on any atom is 0.329 e. The maximum atomic E-state index is 12.8. The van der Waals surface area contributed by atoms with Crippen LogP contribution in [0.1, 0.15) is 47.6 Å². The van der Waals surface area contributed by atoms with Crippen LogP contribution in [0.3, 0.4) is 0 Å². The summed E-state index contributed by atoms with van der Waals surface area (Å²) < 4.78 is 1.56. The molecule has 1 aromatic heterocycles. The Morgan fingerprint density at radius 1 is 1.10 bits per heavy atom. The van der Waals surface area contributed by atoms with E-state index >= 15 is 0 Å². The van der Waals surface area contributed by atoms with E-state index in [1.54, 1.807) is 16.7 Å². The molecule has 0 aliphatic heterocycles. The first-order valence-corrected chi connectivity index (χ1v) is 10.2. The highest BCUT2D eigenvalue weighted by molar-refractivity contribution is 7.99. The first-order chi connectivity index (χ1) is 13.8. The Balaban J connectivity index is 2.22. The standard InChI is InChI=1S/C23H23N3O2S/c1-14(2)20-21(27)25-23(28)26(13-18-8-6-5-7-17(18)12-24)22(20)29-19-10-15(3)9-16(4)11-19/h5-11,14H,13H2,1-4H3,(H,25,27,28). The van der Waals surface area contributed by atoms with Crippen molar-refractivity contribution in [3.63, 3.8) is 0 Å². The lowest BCUT2D eigenvalue weighted by molar-refractivity contribution is 0.616. The Labute approximate surface area is 174 Å². The lowest BCUT2D eigenvalue weighted by Crippen LogP contribution is -2.34. The van der Waals surface area contributed by atoms with Gasteiger partial charge in [0.25, 0.3) is 5.56 Å². The van der Waals surface area contributed by atoms with Crippen molar-refractivity contribution in [2.75, 3.05) is 0 Å². The first-order valence-electron chi connectivity index (χ1n) is 9.41. The topological polar surface area (TPSA) is 78.7 Å². The van der Waals surface area contributed by atoms with Crippen LogP contribution < -0.4 is 11.2 Å². The minimum absolute atomic E-state index is 0.0646. The molecule has 1 N–H and O–H groups in total. The third-order valence-corrected chi connectivity index (χ3v) is 5.74. The summed E-state index contributed by atoms with van der Waals surface area (Å²) in [6.07, 6.45) is 0. The Morgan fingerprint density at radius 3 is 2.38 bits per heavy atom. The fourth-order valence-electron chi connectivity index (χ4n) is 3.37. The van der Waals surface area contributed by atoms with Gasteiger partial charge in [-0.2, -0.15) is 5.26 Å². The summed E-state index contributed by atoms with van der Waals surface area (Å²) in [7, 11) is 0. The number of hydrogen-bond donors (Lipinski definition) is 1. The predicted octanol–water partition coefficient (Wildman–Crippen LogP) is 4.35. The molecule has 0 saturated carbocycles. The molecule has 2 aromatic carbocycles. The summed E-state index contributed by atoms with van der Waals surface area (Å²) in [5.41, 5.74) is 3.23. The zero-order chi connectivity index (χ0) is 21.1. The van der Waals surface area contributed by atoms with Gasteiger partial charge in [0.05, 0.1) is 28.8 Å². The van der Waals surface area contributed by atoms with Crippen LogP contribution in [-0.2, 0) is 6.54 Å². The van der Waals surface area contributed by atoms with Crippen LogP contribution in [0, 0.1) is 25.2 Å². The number of rotatable bonds is 5. The van der Waals surface area contributed by atoms with Crippen molar-refractivity contribution < 1.29 is 0 Å². The maximum absolute atomic E-state index is 12.8. The number of aromatic nitrogens is 2. The monoisotopic (exact) mass is 405 g/mol. The first kappa shape index (κ1) is 20.7. The van der Waals surface area contributed by atoms with Gasteiger partial charge in [-0.15, -0.1) is 0 Å². The summed E-state index contributed by atoms with van der Waals surface area (Å²) in [5, 5.41) is 10.0. The molecule has 0 radical (unpaired) electrons. The van der Waals surface area contributed by atoms with Crippen molar-refractivity contribution in [2.24, 2.45) is 0 Å². The molecule has 29 heavy (non-hydrogen) atoms. The van der Waals surface area contributed by atoms with E-state index in [9.17, 15) is 14.9 Å². The number of aromatic amines is 1. The van der Waals surface area contributed by atoms with Crippen LogP contribution in [0.25, 0.3) is 0 Å². The molecule has 0 saturated heterocycles. The van der Waals surface area contributed by atoms with Gasteiger partial charge in [0.15, 0.2) is 0 Å². The van der Waals surface area contributed by atoms with Crippen LogP contribution in [-0.4, -0.2) is 9.55 Å². The van der Waals surface area contributed by atoms with Crippen LogP contribution in [0.2, 0.25) is 0 Å². The van der Waals surface area contributed by atoms with E-state index in [1.165, 1.54) is 11.8 Å². The average Bonchev–Trinajstić information content (AvgIpc) is 2.63. The molecule has 148 valence electrons. The van der Waals surface area contributed by atoms with Crippen molar-refractivity contribution in [1.29, 1.82) is 5.26 Å². The molecule has 0 spiro atoms. The molecule has 0 amide bonds. The molecule has 0 bridgehead atoms. The van der Waals surface area contributed by atoms with Crippen LogP contribution in [0.5, 0.6) is 0 Å². The number of aryl methyl sites for hydroxylation is 2. The van der Waals surface area contributed by atoms with Crippen LogP contribution in [0.15, 0.2) is 62.0 Å². The lowest BCUT2D eigenvalue weighted by atomic mass is 10.1. The van der Waals surface area contributed by atoms with Gasteiger partial charge in [0.1, 0.15) is 0 Å². The van der Waals surface area contributed by atoms with Crippen molar-refractivity contribution in [3.8, 4) is 6.07 Å². The number of hydrogen-bond acceptors (Lipinski definition) is 4. The fourth-order valence-corrected chi connectivity index (χ4v) is 4.78. The highest BCUT2D eigenvalue weighted by atomic mass is 32.2. The molecule has 0 aliphatic carbocycles. The highest BCUT2D eigenvalue weighted by Gasteiger charge is 2.20. The van der Waals surface area contributed by atoms with E-state index in [4.69, 9.17) is 0 Å². The van der Waals surface area contributed by atoms with Gasteiger partial charge >= 0.3 is 5.69 Å². The van der Waals surface area contributed by atoms with Gasteiger partial charge in [0, 0.05) is 4.90 Å². The van der Waals surface area contributed by atoms with Gasteiger partial charge < -0.3 is 0 Å². The van der Waals surface area contributed by atoms with Crippen molar-refractivity contribution in [2.45, 2.75) is 50.1 Å². The second-order valence-electron chi connectivity index (χ2n) is 7.41. The number of nitrogens with zero attached hydrogens (tertiary/aromatic N) is 2. The molecule has 0 atom stereocenters. The fraction of sp³-hybridized carbons (Fsp3) is 0.261. The molecular formula is C23H23N3O2S. The lowest BCUT2D eigenvalue weighted by Gasteiger charge is -2.18. The van der Waals surface area contributed by atoms with Gasteiger partial charge in [0.2, 0.25) is 0 Å². The van der Waals surface area contributed by atoms with E-state index in [0.29, 0.717) is 16.2 Å². The molecule has 0 fully saturated rings. The minimum Gasteiger partial charge on any atom is -0.283 e. The molecule has 3 rings (SSSR count). The normalized spacial score (nSPS) is 10.9. The third-order valence-electron chi connectivity index (χ3n) is 4.64. The molecule has 3 aromatic rings. The summed E-state index contributed by atoms with van der Waals surface area (Å²) in [6, 6.07) is 15.5. The van der Waals surface area contributed by atoms with Gasteiger partial charge in [-0.1, -0.05) is 49.9 Å². The second-order valence-corrected chi connectivity index (χ2v) is 8.48. The minimum atomic E-state index is -0.473. The van der Waals surface area contributed by atoms with Crippen molar-refractivity contribution in [1.82, 2.24) is 9.55 Å². The van der Waals surface area contributed by atoms with Gasteiger partial charge in [-0.3, -0.25) is 14.3 Å².